The molecule has 138 valence electrons. The van der Waals surface area contributed by atoms with Crippen LogP contribution in [-0.4, -0.2) is 6.04 Å². The van der Waals surface area contributed by atoms with Gasteiger partial charge in [-0.3, -0.25) is 0 Å². The lowest BCUT2D eigenvalue weighted by Gasteiger charge is -2.59. The minimum Gasteiger partial charge on any atom is -0.460 e. The second-order valence-corrected chi connectivity index (χ2v) is 9.54. The number of rotatable bonds is 5. The molecule has 1 aromatic carbocycles. The molecule has 1 atom stereocenters. The van der Waals surface area contributed by atoms with Crippen LogP contribution in [0.2, 0.25) is 5.02 Å². The number of hydrogen-bond donors (Lipinski definition) is 1. The number of hydrogen-bond acceptors (Lipinski definition) is 2. The lowest BCUT2D eigenvalue weighted by Crippen LogP contribution is -2.54. The fourth-order valence-corrected chi connectivity index (χ4v) is 6.69. The van der Waals surface area contributed by atoms with Crippen molar-refractivity contribution in [3.8, 4) is 11.3 Å². The Morgan fingerprint density at radius 3 is 2.35 bits per heavy atom. The number of benzene rings is 1. The van der Waals surface area contributed by atoms with Gasteiger partial charge in [-0.25, -0.2) is 0 Å². The maximum atomic E-state index is 6.30. The first kappa shape index (κ1) is 16.9. The van der Waals surface area contributed by atoms with Crippen molar-refractivity contribution in [1.82, 2.24) is 5.32 Å². The molecule has 26 heavy (non-hydrogen) atoms. The standard InChI is InChI=1S/C23H28ClNO/c1-15(23-11-16-8-17(12-23)10-18(9-16)13-23)25-14-19-6-7-22(26-19)20-4-2-3-5-21(20)24/h2-7,15-18,25H,8-14H2,1H3. The number of nitrogens with one attached hydrogen (secondary N) is 1. The third-order valence-electron chi connectivity index (χ3n) is 7.39. The van der Waals surface area contributed by atoms with Crippen LogP contribution in [0.1, 0.15) is 51.2 Å². The fourth-order valence-electron chi connectivity index (χ4n) is 6.46. The molecule has 0 spiro atoms. The first-order valence-electron chi connectivity index (χ1n) is 10.2. The average molecular weight is 370 g/mol. The summed E-state index contributed by atoms with van der Waals surface area (Å²) in [4.78, 5) is 0. The van der Waals surface area contributed by atoms with Crippen LogP contribution < -0.4 is 5.32 Å². The van der Waals surface area contributed by atoms with Gasteiger partial charge in [-0.05, 0) is 92.9 Å². The molecule has 4 aliphatic carbocycles. The molecule has 4 saturated carbocycles. The Hall–Kier alpha value is -1.25. The van der Waals surface area contributed by atoms with Crippen LogP contribution in [0.5, 0.6) is 0 Å². The van der Waals surface area contributed by atoms with E-state index in [1.165, 1.54) is 38.5 Å². The van der Waals surface area contributed by atoms with Gasteiger partial charge in [0.15, 0.2) is 0 Å². The van der Waals surface area contributed by atoms with E-state index in [0.717, 1.165) is 46.4 Å². The molecule has 0 radical (unpaired) electrons. The average Bonchev–Trinajstić information content (AvgIpc) is 3.07. The van der Waals surface area contributed by atoms with Crippen molar-refractivity contribution >= 4 is 11.6 Å². The van der Waals surface area contributed by atoms with Crippen LogP contribution in [0.3, 0.4) is 0 Å². The van der Waals surface area contributed by atoms with E-state index >= 15 is 0 Å². The van der Waals surface area contributed by atoms with E-state index < -0.39 is 0 Å². The zero-order valence-electron chi connectivity index (χ0n) is 15.5. The van der Waals surface area contributed by atoms with Crippen molar-refractivity contribution in [3.63, 3.8) is 0 Å². The Balaban J connectivity index is 1.26. The minimum absolute atomic E-state index is 0.535. The highest BCUT2D eigenvalue weighted by Crippen LogP contribution is 2.61. The maximum Gasteiger partial charge on any atom is 0.135 e. The lowest BCUT2D eigenvalue weighted by molar-refractivity contribution is -0.0708. The van der Waals surface area contributed by atoms with Crippen LogP contribution in [-0.2, 0) is 6.54 Å². The third kappa shape index (κ3) is 2.92. The van der Waals surface area contributed by atoms with E-state index in [1.807, 2.05) is 30.3 Å². The highest BCUT2D eigenvalue weighted by atomic mass is 35.5. The molecule has 1 unspecified atom stereocenters. The highest BCUT2D eigenvalue weighted by Gasteiger charge is 2.52. The molecule has 4 bridgehead atoms. The molecular weight excluding hydrogens is 342 g/mol. The van der Waals surface area contributed by atoms with Gasteiger partial charge in [-0.15, -0.1) is 0 Å². The third-order valence-corrected chi connectivity index (χ3v) is 7.72. The molecule has 3 heteroatoms. The minimum atomic E-state index is 0.535. The van der Waals surface area contributed by atoms with E-state index in [0.29, 0.717) is 11.5 Å². The zero-order valence-corrected chi connectivity index (χ0v) is 16.3. The van der Waals surface area contributed by atoms with Crippen molar-refractivity contribution in [2.75, 3.05) is 0 Å². The van der Waals surface area contributed by atoms with E-state index in [2.05, 4.69) is 18.3 Å². The van der Waals surface area contributed by atoms with Gasteiger partial charge in [0.25, 0.3) is 0 Å². The van der Waals surface area contributed by atoms with E-state index in [4.69, 9.17) is 16.0 Å². The summed E-state index contributed by atoms with van der Waals surface area (Å²) in [6, 6.07) is 12.5. The van der Waals surface area contributed by atoms with E-state index in [-0.39, 0.29) is 0 Å². The molecular formula is C23H28ClNO. The quantitative estimate of drug-likeness (QED) is 0.669. The van der Waals surface area contributed by atoms with Gasteiger partial charge in [-0.2, -0.15) is 0 Å². The van der Waals surface area contributed by atoms with Gasteiger partial charge in [0, 0.05) is 11.6 Å². The molecule has 6 rings (SSSR count). The second kappa shape index (κ2) is 6.42. The Morgan fingerprint density at radius 2 is 1.69 bits per heavy atom. The maximum absolute atomic E-state index is 6.30. The summed E-state index contributed by atoms with van der Waals surface area (Å²) in [5.74, 6) is 4.86. The molecule has 4 aliphatic rings. The highest BCUT2D eigenvalue weighted by molar-refractivity contribution is 6.33. The zero-order chi connectivity index (χ0) is 17.7. The van der Waals surface area contributed by atoms with Crippen LogP contribution in [0.15, 0.2) is 40.8 Å². The monoisotopic (exact) mass is 369 g/mol. The van der Waals surface area contributed by atoms with E-state index in [9.17, 15) is 0 Å². The number of halogens is 1. The number of furan rings is 1. The summed E-state index contributed by atoms with van der Waals surface area (Å²) < 4.78 is 6.07. The van der Waals surface area contributed by atoms with Gasteiger partial charge in [-0.1, -0.05) is 23.7 Å². The lowest BCUT2D eigenvalue weighted by atomic mass is 9.48. The summed E-state index contributed by atoms with van der Waals surface area (Å²) in [7, 11) is 0. The normalized spacial score (nSPS) is 33.5. The topological polar surface area (TPSA) is 25.2 Å². The van der Waals surface area contributed by atoms with Crippen LogP contribution >= 0.6 is 11.6 Å². The van der Waals surface area contributed by atoms with Crippen LogP contribution in [0.4, 0.5) is 0 Å². The Morgan fingerprint density at radius 1 is 1.04 bits per heavy atom. The SMILES string of the molecule is CC(NCc1ccc(-c2ccccc2Cl)o1)C12CC3CC(CC(C3)C1)C2. The van der Waals surface area contributed by atoms with Gasteiger partial charge in [0.1, 0.15) is 11.5 Å². The molecule has 0 aliphatic heterocycles. The van der Waals surface area contributed by atoms with Gasteiger partial charge in [0.05, 0.1) is 11.6 Å². The summed E-state index contributed by atoms with van der Waals surface area (Å²) in [5, 5.41) is 4.55. The molecule has 1 N–H and O–H groups in total. The van der Waals surface area contributed by atoms with Crippen molar-refractivity contribution < 1.29 is 4.42 Å². The van der Waals surface area contributed by atoms with Crippen molar-refractivity contribution in [1.29, 1.82) is 0 Å². The van der Waals surface area contributed by atoms with Crippen molar-refractivity contribution in [2.24, 2.45) is 23.2 Å². The smallest absolute Gasteiger partial charge is 0.135 e. The molecule has 0 saturated heterocycles. The predicted octanol–water partition coefficient (Wildman–Crippen LogP) is 6.29. The molecule has 0 amide bonds. The fraction of sp³-hybridized carbons (Fsp3) is 0.565. The summed E-state index contributed by atoms with van der Waals surface area (Å²) >= 11 is 6.30. The first-order chi connectivity index (χ1) is 12.6. The van der Waals surface area contributed by atoms with Crippen molar-refractivity contribution in [3.05, 3.63) is 47.2 Å². The first-order valence-corrected chi connectivity index (χ1v) is 10.6. The van der Waals surface area contributed by atoms with Gasteiger partial charge >= 0.3 is 0 Å². The Labute approximate surface area is 161 Å². The Bertz CT molecular complexity index is 760. The largest absolute Gasteiger partial charge is 0.460 e. The van der Waals surface area contributed by atoms with E-state index in [1.54, 1.807) is 0 Å². The van der Waals surface area contributed by atoms with Crippen LogP contribution in [0, 0.1) is 23.2 Å². The van der Waals surface area contributed by atoms with Gasteiger partial charge in [0.2, 0.25) is 0 Å². The molecule has 2 nitrogen and oxygen atoms in total. The molecule has 1 aromatic heterocycles. The summed E-state index contributed by atoms with van der Waals surface area (Å²) in [6.07, 6.45) is 8.84. The predicted molar refractivity (Wildman–Crippen MR) is 106 cm³/mol. The summed E-state index contributed by atoms with van der Waals surface area (Å²) in [5.41, 5.74) is 1.50. The molecule has 1 heterocycles. The van der Waals surface area contributed by atoms with Gasteiger partial charge < -0.3 is 9.73 Å². The molecule has 4 fully saturated rings. The van der Waals surface area contributed by atoms with Crippen LogP contribution in [0.25, 0.3) is 11.3 Å². The Kier molecular flexibility index (Phi) is 4.17. The summed E-state index contributed by atoms with van der Waals surface area (Å²) in [6.45, 7) is 3.21. The second-order valence-electron chi connectivity index (χ2n) is 9.13. The van der Waals surface area contributed by atoms with Crippen molar-refractivity contribution in [2.45, 2.75) is 58.0 Å². The molecule has 2 aromatic rings.